The smallest absolute Gasteiger partial charge is 0.497 e. The molecule has 1 fully saturated rings. The average Bonchev–Trinajstić information content (AvgIpc) is 2.45. The van der Waals surface area contributed by atoms with Gasteiger partial charge in [-0.25, -0.2) is 0 Å². The molecule has 0 atom stereocenters. The predicted molar refractivity (Wildman–Crippen MR) is 74.5 cm³/mol. The third-order valence-corrected chi connectivity index (χ3v) is 2.75. The molecular weight excluding hydrogens is 293 g/mol. The predicted octanol–water partition coefficient (Wildman–Crippen LogP) is 0.296. The molecule has 1 aliphatic heterocycles. The first kappa shape index (κ1) is 15.8. The Morgan fingerprint density at radius 2 is 1.59 bits per heavy atom. The first-order valence-electron chi connectivity index (χ1n) is 6.41. The lowest BCUT2D eigenvalue weighted by Crippen LogP contribution is -2.47. The highest BCUT2D eigenvalue weighted by Crippen LogP contribution is 2.18. The summed E-state index contributed by atoms with van der Waals surface area (Å²) < 4.78 is 19.6. The largest absolute Gasteiger partial charge is 0.721 e. The molecule has 0 amide bonds. The van der Waals surface area contributed by atoms with Gasteiger partial charge in [-0.1, -0.05) is 0 Å². The first-order chi connectivity index (χ1) is 10.5. The number of methoxy groups -OCH3 is 1. The Balaban J connectivity index is 2.02. The minimum atomic E-state index is -1.71. The van der Waals surface area contributed by atoms with Crippen LogP contribution in [-0.2, 0) is 18.9 Å². The summed E-state index contributed by atoms with van der Waals surface area (Å²) >= 11 is 0. The van der Waals surface area contributed by atoms with Crippen molar-refractivity contribution in [2.75, 3.05) is 27.2 Å². The van der Waals surface area contributed by atoms with E-state index < -0.39 is 24.9 Å². The molecule has 0 N–H and O–H groups in total. The number of carbonyl (C=O) groups excluding carboxylic acids is 3. The summed E-state index contributed by atoms with van der Waals surface area (Å²) in [5, 5.41) is 0. The van der Waals surface area contributed by atoms with Crippen LogP contribution < -0.4 is 9.47 Å². The topological polar surface area (TPSA) is 91.4 Å². The van der Waals surface area contributed by atoms with Gasteiger partial charge in [-0.15, -0.1) is 0 Å². The van der Waals surface area contributed by atoms with Gasteiger partial charge in [0.05, 0.1) is 20.2 Å². The van der Waals surface area contributed by atoms with Crippen molar-refractivity contribution in [1.82, 2.24) is 4.90 Å². The van der Waals surface area contributed by atoms with Crippen LogP contribution in [0.15, 0.2) is 24.3 Å². The number of hydrogen-bond donors (Lipinski definition) is 0. The van der Waals surface area contributed by atoms with Crippen LogP contribution in [0, 0.1) is 0 Å². The number of hydrogen-bond acceptors (Lipinski definition) is 8. The third-order valence-electron chi connectivity index (χ3n) is 2.75. The number of carbonyl (C=O) groups is 3. The van der Waals surface area contributed by atoms with Gasteiger partial charge in [-0.05, 0) is 31.3 Å². The summed E-state index contributed by atoms with van der Waals surface area (Å²) in [7, 11) is 1.35. The van der Waals surface area contributed by atoms with Crippen LogP contribution in [-0.4, -0.2) is 57.1 Å². The minimum Gasteiger partial charge on any atom is -0.497 e. The maximum atomic E-state index is 11.9. The quantitative estimate of drug-likeness (QED) is 0.736. The summed E-state index contributed by atoms with van der Waals surface area (Å²) in [6.07, 6.45) is 0. The van der Waals surface area contributed by atoms with Crippen molar-refractivity contribution in [2.24, 2.45) is 0 Å². The SMILES string of the molecule is COc1ccc(OC(=O)B2OC(=O)CN(C)CC(=O)O2)cc1. The zero-order valence-electron chi connectivity index (χ0n) is 12.1. The van der Waals surface area contributed by atoms with Gasteiger partial charge in [-0.2, -0.15) is 0 Å². The lowest BCUT2D eigenvalue weighted by molar-refractivity contribution is -0.145. The highest BCUT2D eigenvalue weighted by atomic mass is 16.7. The number of nitrogens with zero attached hydrogens (tertiary/aromatic N) is 1. The van der Waals surface area contributed by atoms with Crippen LogP contribution >= 0.6 is 0 Å². The number of rotatable bonds is 3. The molecule has 0 radical (unpaired) electrons. The lowest BCUT2D eigenvalue weighted by Gasteiger charge is -2.21. The zero-order chi connectivity index (χ0) is 16.1. The van der Waals surface area contributed by atoms with E-state index in [9.17, 15) is 14.4 Å². The normalized spacial score (nSPS) is 16.2. The number of benzene rings is 1. The van der Waals surface area contributed by atoms with Crippen LogP contribution in [0.1, 0.15) is 0 Å². The Hall–Kier alpha value is -2.55. The van der Waals surface area contributed by atoms with Crippen molar-refractivity contribution < 1.29 is 33.2 Å². The van der Waals surface area contributed by atoms with Gasteiger partial charge in [0.25, 0.3) is 0 Å². The van der Waals surface area contributed by atoms with Crippen LogP contribution in [0.4, 0.5) is 4.79 Å². The maximum absolute atomic E-state index is 11.9. The second-order valence-electron chi connectivity index (χ2n) is 4.58. The van der Waals surface area contributed by atoms with Crippen molar-refractivity contribution in [1.29, 1.82) is 0 Å². The van der Waals surface area contributed by atoms with Crippen molar-refractivity contribution in [3.63, 3.8) is 0 Å². The van der Waals surface area contributed by atoms with Crippen LogP contribution in [0.5, 0.6) is 11.5 Å². The molecular formula is C13H14BNO7. The molecule has 1 aromatic carbocycles. The molecule has 0 unspecified atom stereocenters. The summed E-state index contributed by atoms with van der Waals surface area (Å²) in [5.41, 5.74) is 0. The zero-order valence-corrected chi connectivity index (χ0v) is 12.1. The van der Waals surface area contributed by atoms with Crippen molar-refractivity contribution >= 4 is 24.9 Å². The van der Waals surface area contributed by atoms with Gasteiger partial charge in [-0.3, -0.25) is 19.3 Å². The van der Waals surface area contributed by atoms with Gasteiger partial charge in [0.15, 0.2) is 0 Å². The van der Waals surface area contributed by atoms with E-state index in [-0.39, 0.29) is 18.8 Å². The lowest BCUT2D eigenvalue weighted by atomic mass is 9.90. The van der Waals surface area contributed by atoms with Crippen molar-refractivity contribution in [2.45, 2.75) is 0 Å². The van der Waals surface area contributed by atoms with Gasteiger partial charge >= 0.3 is 24.9 Å². The fraction of sp³-hybridized carbons (Fsp3) is 0.308. The Kier molecular flexibility index (Phi) is 5.00. The Morgan fingerprint density at radius 1 is 1.09 bits per heavy atom. The van der Waals surface area contributed by atoms with E-state index in [2.05, 4.69) is 0 Å². The molecule has 0 saturated carbocycles. The molecule has 1 aromatic rings. The number of likely N-dealkylation sites (N-methyl/N-ethyl adjacent to an activating group) is 1. The Bertz CT molecular complexity index is 554. The molecule has 9 heteroatoms. The Labute approximate surface area is 127 Å². The Morgan fingerprint density at radius 3 is 2.09 bits per heavy atom. The standard InChI is InChI=1S/C13H14BNO7/c1-15-7-11(16)21-14(22-12(17)8-15)13(18)20-10-5-3-9(19-2)4-6-10/h3-6H,7-8H2,1-2H3. The molecule has 22 heavy (non-hydrogen) atoms. The summed E-state index contributed by atoms with van der Waals surface area (Å²) in [4.78, 5) is 36.4. The average molecular weight is 307 g/mol. The highest BCUT2D eigenvalue weighted by Gasteiger charge is 2.41. The number of ether oxygens (including phenoxy) is 2. The summed E-state index contributed by atoms with van der Waals surface area (Å²) in [6.45, 7) is -0.247. The van der Waals surface area contributed by atoms with E-state index >= 15 is 0 Å². The molecule has 2 rings (SSSR count). The van der Waals surface area contributed by atoms with E-state index in [0.717, 1.165) is 0 Å². The van der Waals surface area contributed by atoms with Gasteiger partial charge in [0.2, 0.25) is 0 Å². The first-order valence-corrected chi connectivity index (χ1v) is 6.41. The molecule has 1 heterocycles. The van der Waals surface area contributed by atoms with E-state index in [4.69, 9.17) is 18.8 Å². The van der Waals surface area contributed by atoms with Gasteiger partial charge in [0, 0.05) is 0 Å². The highest BCUT2D eigenvalue weighted by molar-refractivity contribution is 6.81. The van der Waals surface area contributed by atoms with E-state index in [0.29, 0.717) is 5.75 Å². The molecule has 8 nitrogen and oxygen atoms in total. The van der Waals surface area contributed by atoms with Gasteiger partial charge < -0.3 is 18.8 Å². The molecule has 1 saturated heterocycles. The summed E-state index contributed by atoms with van der Waals surface area (Å²) in [6, 6.07) is 6.18. The van der Waals surface area contributed by atoms with E-state index in [1.165, 1.54) is 24.1 Å². The molecule has 116 valence electrons. The molecule has 0 spiro atoms. The van der Waals surface area contributed by atoms with Crippen LogP contribution in [0.2, 0.25) is 0 Å². The van der Waals surface area contributed by atoms with Crippen LogP contribution in [0.25, 0.3) is 0 Å². The van der Waals surface area contributed by atoms with Crippen molar-refractivity contribution in [3.05, 3.63) is 24.3 Å². The second kappa shape index (κ2) is 6.94. The maximum Gasteiger partial charge on any atom is 0.721 e. The van der Waals surface area contributed by atoms with E-state index in [1.54, 1.807) is 19.2 Å². The van der Waals surface area contributed by atoms with E-state index in [1.807, 2.05) is 0 Å². The van der Waals surface area contributed by atoms with Gasteiger partial charge in [0.1, 0.15) is 11.5 Å². The fourth-order valence-electron chi connectivity index (χ4n) is 1.74. The summed E-state index contributed by atoms with van der Waals surface area (Å²) in [5.74, 6) is -1.57. The minimum absolute atomic E-state index is 0.124. The monoisotopic (exact) mass is 307 g/mol. The molecule has 1 aliphatic rings. The third kappa shape index (κ3) is 4.22. The molecule has 0 bridgehead atoms. The van der Waals surface area contributed by atoms with Crippen molar-refractivity contribution in [3.8, 4) is 11.5 Å². The molecule has 0 aromatic heterocycles. The molecule has 0 aliphatic carbocycles. The second-order valence-corrected chi connectivity index (χ2v) is 4.58. The van der Waals surface area contributed by atoms with Crippen LogP contribution in [0.3, 0.4) is 0 Å². The fourth-order valence-corrected chi connectivity index (χ4v) is 1.74.